The number of piperidine rings is 1. The van der Waals surface area contributed by atoms with Crippen molar-refractivity contribution < 1.29 is 13.2 Å². The van der Waals surface area contributed by atoms with E-state index >= 15 is 0 Å². The number of alkyl halides is 3. The molecule has 1 aliphatic rings. The van der Waals surface area contributed by atoms with E-state index in [1.54, 1.807) is 12.1 Å². The molecular formula is C16H23F3N2. The van der Waals surface area contributed by atoms with Gasteiger partial charge in [0, 0.05) is 18.3 Å². The van der Waals surface area contributed by atoms with Crippen LogP contribution >= 0.6 is 0 Å². The van der Waals surface area contributed by atoms with E-state index < -0.39 is 11.7 Å². The summed E-state index contributed by atoms with van der Waals surface area (Å²) in [5.41, 5.74) is -0.230. The molecular weight excluding hydrogens is 277 g/mol. The summed E-state index contributed by atoms with van der Waals surface area (Å²) in [5, 5.41) is 3.29. The lowest BCUT2D eigenvalue weighted by Gasteiger charge is -2.36. The van der Waals surface area contributed by atoms with E-state index in [2.05, 4.69) is 5.32 Å². The molecule has 0 amide bonds. The minimum atomic E-state index is -4.31. The average molecular weight is 300 g/mol. The van der Waals surface area contributed by atoms with Crippen LogP contribution in [0.3, 0.4) is 0 Å². The Labute approximate surface area is 124 Å². The number of halogens is 3. The summed E-state index contributed by atoms with van der Waals surface area (Å²) < 4.78 is 39.6. The minimum Gasteiger partial charge on any atom is -0.368 e. The van der Waals surface area contributed by atoms with Gasteiger partial charge in [0.15, 0.2) is 0 Å². The molecule has 1 saturated heterocycles. The second kappa shape index (κ2) is 6.69. The average Bonchev–Trinajstić information content (AvgIpc) is 2.45. The third kappa shape index (κ3) is 4.13. The Hall–Kier alpha value is -1.23. The zero-order chi connectivity index (χ0) is 15.5. The molecule has 0 spiro atoms. The lowest BCUT2D eigenvalue weighted by molar-refractivity contribution is -0.137. The highest BCUT2D eigenvalue weighted by Gasteiger charge is 2.35. The fourth-order valence-electron chi connectivity index (χ4n) is 2.89. The molecule has 0 aliphatic carbocycles. The molecule has 1 aliphatic heterocycles. The number of anilines is 1. The van der Waals surface area contributed by atoms with Crippen molar-refractivity contribution >= 4 is 5.69 Å². The quantitative estimate of drug-likeness (QED) is 0.906. The van der Waals surface area contributed by atoms with Crippen molar-refractivity contribution in [2.75, 3.05) is 24.5 Å². The van der Waals surface area contributed by atoms with Gasteiger partial charge >= 0.3 is 6.18 Å². The second-order valence-corrected chi connectivity index (χ2v) is 5.95. The Kier molecular flexibility index (Phi) is 5.14. The van der Waals surface area contributed by atoms with Crippen LogP contribution in [0, 0.1) is 5.92 Å². The van der Waals surface area contributed by atoms with Gasteiger partial charge < -0.3 is 10.2 Å². The monoisotopic (exact) mass is 300 g/mol. The van der Waals surface area contributed by atoms with Crippen molar-refractivity contribution in [2.45, 2.75) is 38.9 Å². The van der Waals surface area contributed by atoms with Crippen LogP contribution in [-0.4, -0.2) is 25.7 Å². The van der Waals surface area contributed by atoms with Gasteiger partial charge in [-0.25, -0.2) is 0 Å². The Morgan fingerprint density at radius 3 is 2.38 bits per heavy atom. The summed E-state index contributed by atoms with van der Waals surface area (Å²) in [6.45, 7) is 6.50. The number of nitrogens with one attached hydrogen (secondary N) is 1. The third-order valence-corrected chi connectivity index (χ3v) is 4.06. The molecule has 1 aromatic carbocycles. The highest BCUT2D eigenvalue weighted by molar-refractivity contribution is 5.55. The van der Waals surface area contributed by atoms with Crippen LogP contribution < -0.4 is 10.2 Å². The highest BCUT2D eigenvalue weighted by Crippen LogP contribution is 2.37. The van der Waals surface area contributed by atoms with E-state index in [1.807, 2.05) is 18.7 Å². The molecule has 1 N–H and O–H groups in total. The molecule has 1 heterocycles. The van der Waals surface area contributed by atoms with Gasteiger partial charge in [-0.2, -0.15) is 13.2 Å². The van der Waals surface area contributed by atoms with Crippen LogP contribution in [0.2, 0.25) is 0 Å². The van der Waals surface area contributed by atoms with Gasteiger partial charge in [-0.1, -0.05) is 12.1 Å². The number of hydrogen-bond donors (Lipinski definition) is 1. The summed E-state index contributed by atoms with van der Waals surface area (Å²) in [6, 6.07) is 5.94. The van der Waals surface area contributed by atoms with Crippen LogP contribution in [0.5, 0.6) is 0 Å². The molecule has 1 fully saturated rings. The first-order valence-corrected chi connectivity index (χ1v) is 7.53. The van der Waals surface area contributed by atoms with Crippen molar-refractivity contribution in [3.05, 3.63) is 29.8 Å². The van der Waals surface area contributed by atoms with E-state index in [-0.39, 0.29) is 6.04 Å². The molecule has 118 valence electrons. The van der Waals surface area contributed by atoms with Crippen LogP contribution in [0.4, 0.5) is 18.9 Å². The molecule has 0 bridgehead atoms. The number of benzene rings is 1. The van der Waals surface area contributed by atoms with Gasteiger partial charge in [0.05, 0.1) is 5.56 Å². The van der Waals surface area contributed by atoms with Gasteiger partial charge in [0.1, 0.15) is 0 Å². The highest BCUT2D eigenvalue weighted by atomic mass is 19.4. The topological polar surface area (TPSA) is 15.3 Å². The maximum Gasteiger partial charge on any atom is 0.418 e. The van der Waals surface area contributed by atoms with Gasteiger partial charge in [-0.15, -0.1) is 0 Å². The van der Waals surface area contributed by atoms with Crippen molar-refractivity contribution in [2.24, 2.45) is 5.92 Å². The van der Waals surface area contributed by atoms with Crippen molar-refractivity contribution in [3.63, 3.8) is 0 Å². The zero-order valence-electron chi connectivity index (χ0n) is 12.6. The first-order valence-electron chi connectivity index (χ1n) is 7.53. The molecule has 2 nitrogen and oxygen atoms in total. The SMILES string of the molecule is CC(C)N(CC1CCNCC1)c1ccccc1C(F)(F)F. The predicted octanol–water partition coefficient (Wildman–Crippen LogP) is 3.92. The zero-order valence-corrected chi connectivity index (χ0v) is 12.6. The van der Waals surface area contributed by atoms with E-state index in [1.165, 1.54) is 12.1 Å². The lowest BCUT2D eigenvalue weighted by Crippen LogP contribution is -2.40. The van der Waals surface area contributed by atoms with Crippen LogP contribution in [0.15, 0.2) is 24.3 Å². The van der Waals surface area contributed by atoms with Gasteiger partial charge in [0.25, 0.3) is 0 Å². The first-order chi connectivity index (χ1) is 9.89. The summed E-state index contributed by atoms with van der Waals surface area (Å²) in [5.74, 6) is 0.454. The summed E-state index contributed by atoms with van der Waals surface area (Å²) in [6.07, 6.45) is -2.26. The van der Waals surface area contributed by atoms with Gasteiger partial charge in [-0.3, -0.25) is 0 Å². The molecule has 0 saturated carbocycles. The second-order valence-electron chi connectivity index (χ2n) is 5.95. The summed E-state index contributed by atoms with van der Waals surface area (Å²) >= 11 is 0. The molecule has 0 radical (unpaired) electrons. The molecule has 0 atom stereocenters. The van der Waals surface area contributed by atoms with Crippen molar-refractivity contribution in [1.29, 1.82) is 0 Å². The minimum absolute atomic E-state index is 0.0448. The Bertz CT molecular complexity index is 451. The summed E-state index contributed by atoms with van der Waals surface area (Å²) in [4.78, 5) is 1.90. The summed E-state index contributed by atoms with van der Waals surface area (Å²) in [7, 11) is 0. The maximum atomic E-state index is 13.2. The molecule has 2 rings (SSSR count). The first kappa shape index (κ1) is 16.1. The van der Waals surface area contributed by atoms with E-state index in [4.69, 9.17) is 0 Å². The normalized spacial score (nSPS) is 17.2. The van der Waals surface area contributed by atoms with Crippen molar-refractivity contribution in [1.82, 2.24) is 5.32 Å². The lowest BCUT2D eigenvalue weighted by atomic mass is 9.96. The molecule has 21 heavy (non-hydrogen) atoms. The molecule has 1 aromatic rings. The molecule has 5 heteroatoms. The number of nitrogens with zero attached hydrogens (tertiary/aromatic N) is 1. The van der Waals surface area contributed by atoms with Gasteiger partial charge in [-0.05, 0) is 57.8 Å². The number of rotatable bonds is 4. The van der Waals surface area contributed by atoms with Crippen molar-refractivity contribution in [3.8, 4) is 0 Å². The standard InChI is InChI=1S/C16H23F3N2/c1-12(2)21(11-13-7-9-20-10-8-13)15-6-4-3-5-14(15)16(17,18)19/h3-6,12-13,20H,7-11H2,1-2H3. The van der Waals surface area contributed by atoms with E-state index in [0.717, 1.165) is 25.9 Å². The Morgan fingerprint density at radius 1 is 1.19 bits per heavy atom. The Balaban J connectivity index is 2.26. The largest absolute Gasteiger partial charge is 0.418 e. The van der Waals surface area contributed by atoms with Gasteiger partial charge in [0.2, 0.25) is 0 Å². The number of hydrogen-bond acceptors (Lipinski definition) is 2. The third-order valence-electron chi connectivity index (χ3n) is 4.06. The number of para-hydroxylation sites is 1. The van der Waals surface area contributed by atoms with E-state index in [9.17, 15) is 13.2 Å². The van der Waals surface area contributed by atoms with Crippen LogP contribution in [-0.2, 0) is 6.18 Å². The molecule has 0 unspecified atom stereocenters. The van der Waals surface area contributed by atoms with Crippen LogP contribution in [0.25, 0.3) is 0 Å². The predicted molar refractivity (Wildman–Crippen MR) is 79.5 cm³/mol. The fraction of sp³-hybridized carbons (Fsp3) is 0.625. The Morgan fingerprint density at radius 2 is 1.81 bits per heavy atom. The molecule has 0 aromatic heterocycles. The van der Waals surface area contributed by atoms with E-state index in [0.29, 0.717) is 18.2 Å². The fourth-order valence-corrected chi connectivity index (χ4v) is 2.89. The smallest absolute Gasteiger partial charge is 0.368 e. The maximum absolute atomic E-state index is 13.2. The van der Waals surface area contributed by atoms with Crippen LogP contribution in [0.1, 0.15) is 32.3 Å².